The van der Waals surface area contributed by atoms with Crippen molar-refractivity contribution in [3.63, 3.8) is 0 Å². The van der Waals surface area contributed by atoms with Gasteiger partial charge in [0.1, 0.15) is 0 Å². The minimum absolute atomic E-state index is 0.229. The number of hydrogen-bond donors (Lipinski definition) is 0. The van der Waals surface area contributed by atoms with Crippen LogP contribution in [0.4, 0.5) is 11.4 Å². The van der Waals surface area contributed by atoms with Crippen LogP contribution in [0, 0.1) is 22.0 Å². The highest BCUT2D eigenvalue weighted by Crippen LogP contribution is 2.42. The molecule has 0 N–H and O–H groups in total. The van der Waals surface area contributed by atoms with E-state index in [0.717, 1.165) is 13.0 Å². The van der Waals surface area contributed by atoms with Crippen LogP contribution in [0.2, 0.25) is 0 Å². The van der Waals surface area contributed by atoms with Gasteiger partial charge in [-0.15, -0.1) is 0 Å². The molecule has 1 aromatic carbocycles. The Bertz CT molecular complexity index is 542. The zero-order valence-corrected chi connectivity index (χ0v) is 12.9. The maximum Gasteiger partial charge on any atom is 0.269 e. The second-order valence-electron chi connectivity index (χ2n) is 6.93. The van der Waals surface area contributed by atoms with Crippen LogP contribution in [0.1, 0.15) is 45.1 Å². The van der Waals surface area contributed by atoms with Gasteiger partial charge in [-0.25, -0.2) is 0 Å². The van der Waals surface area contributed by atoms with Gasteiger partial charge in [-0.3, -0.25) is 10.1 Å². The third kappa shape index (κ3) is 2.76. The molecule has 0 radical (unpaired) electrons. The summed E-state index contributed by atoms with van der Waals surface area (Å²) in [4.78, 5) is 13.3. The molecule has 1 saturated carbocycles. The first-order valence-corrected chi connectivity index (χ1v) is 8.10. The van der Waals surface area contributed by atoms with E-state index in [9.17, 15) is 10.1 Å². The van der Waals surface area contributed by atoms with E-state index in [2.05, 4.69) is 18.7 Å². The van der Waals surface area contributed by atoms with E-state index in [1.165, 1.54) is 36.9 Å². The molecule has 2 aliphatic rings. The zero-order valence-electron chi connectivity index (χ0n) is 12.9. The lowest BCUT2D eigenvalue weighted by molar-refractivity contribution is -0.384. The summed E-state index contributed by atoms with van der Waals surface area (Å²) in [6.07, 6.45) is 6.17. The van der Waals surface area contributed by atoms with Gasteiger partial charge in [-0.2, -0.15) is 0 Å². The Morgan fingerprint density at radius 1 is 1.33 bits per heavy atom. The van der Waals surface area contributed by atoms with E-state index in [4.69, 9.17) is 0 Å². The lowest BCUT2D eigenvalue weighted by atomic mass is 9.76. The van der Waals surface area contributed by atoms with Gasteiger partial charge >= 0.3 is 0 Å². The van der Waals surface area contributed by atoms with E-state index in [1.807, 2.05) is 6.07 Å². The monoisotopic (exact) mass is 288 g/mol. The van der Waals surface area contributed by atoms with Gasteiger partial charge in [-0.1, -0.05) is 26.7 Å². The first-order valence-electron chi connectivity index (χ1n) is 8.10. The van der Waals surface area contributed by atoms with Crippen molar-refractivity contribution in [2.45, 2.75) is 52.0 Å². The number of nitro benzene ring substituents is 1. The number of nitrogens with zero attached hydrogens (tertiary/aromatic N) is 2. The number of nitro groups is 1. The highest BCUT2D eigenvalue weighted by atomic mass is 16.6. The highest BCUT2D eigenvalue weighted by Gasteiger charge is 2.36. The lowest BCUT2D eigenvalue weighted by Crippen LogP contribution is -2.48. The minimum Gasteiger partial charge on any atom is -0.368 e. The Morgan fingerprint density at radius 2 is 2.10 bits per heavy atom. The molecular formula is C17H24N2O2. The molecule has 1 aliphatic carbocycles. The predicted molar refractivity (Wildman–Crippen MR) is 84.7 cm³/mol. The van der Waals surface area contributed by atoms with E-state index in [1.54, 1.807) is 12.1 Å². The lowest BCUT2D eigenvalue weighted by Gasteiger charge is -2.47. The summed E-state index contributed by atoms with van der Waals surface area (Å²) in [7, 11) is 0. The summed E-state index contributed by atoms with van der Waals surface area (Å²) in [6.45, 7) is 5.54. The van der Waals surface area contributed by atoms with Gasteiger partial charge in [-0.05, 0) is 42.7 Å². The van der Waals surface area contributed by atoms with Crippen LogP contribution in [0.15, 0.2) is 18.2 Å². The first-order chi connectivity index (χ1) is 10.1. The molecule has 21 heavy (non-hydrogen) atoms. The third-order valence-electron chi connectivity index (χ3n) is 4.90. The molecule has 0 unspecified atom stereocenters. The van der Waals surface area contributed by atoms with Crippen LogP contribution in [-0.4, -0.2) is 17.5 Å². The molecule has 0 spiro atoms. The van der Waals surface area contributed by atoms with Gasteiger partial charge in [0.2, 0.25) is 0 Å². The van der Waals surface area contributed by atoms with Gasteiger partial charge in [0.25, 0.3) is 5.69 Å². The molecule has 0 saturated heterocycles. The van der Waals surface area contributed by atoms with Crippen LogP contribution >= 0.6 is 0 Å². The van der Waals surface area contributed by atoms with Crippen LogP contribution in [0.5, 0.6) is 0 Å². The van der Waals surface area contributed by atoms with Gasteiger partial charge in [0.05, 0.1) is 4.92 Å². The summed E-state index contributed by atoms with van der Waals surface area (Å²) in [5.41, 5.74) is 2.64. The summed E-state index contributed by atoms with van der Waals surface area (Å²) < 4.78 is 0. The highest BCUT2D eigenvalue weighted by molar-refractivity contribution is 5.60. The van der Waals surface area contributed by atoms with Gasteiger partial charge in [0.15, 0.2) is 0 Å². The van der Waals surface area contributed by atoms with Crippen molar-refractivity contribution in [1.82, 2.24) is 0 Å². The Labute approximate surface area is 126 Å². The normalized spacial score (nSPS) is 24.6. The maximum atomic E-state index is 11.0. The number of rotatable bonds is 3. The number of fused-ring (bicyclic) bond motifs is 2. The standard InChI is InChI=1S/C17H24N2O2/c1-12(2)11-18-16-6-4-3-5-13(16)9-14-10-15(19(20)21)7-8-17(14)18/h7-8,10,12-13,16H,3-6,9,11H2,1-2H3/t13-,16-/m0/s1. The molecule has 1 aliphatic heterocycles. The number of benzene rings is 1. The Hall–Kier alpha value is -1.58. The Balaban J connectivity index is 1.99. The molecule has 0 bridgehead atoms. The number of non-ortho nitro benzene ring substituents is 1. The van der Waals surface area contributed by atoms with E-state index in [-0.39, 0.29) is 10.6 Å². The number of anilines is 1. The quantitative estimate of drug-likeness (QED) is 0.619. The van der Waals surface area contributed by atoms with Crippen molar-refractivity contribution in [3.8, 4) is 0 Å². The zero-order chi connectivity index (χ0) is 15.0. The summed E-state index contributed by atoms with van der Waals surface area (Å²) in [5.74, 6) is 1.28. The Kier molecular flexibility index (Phi) is 3.87. The fourth-order valence-corrected chi connectivity index (χ4v) is 4.05. The molecule has 1 aromatic rings. The second-order valence-corrected chi connectivity index (χ2v) is 6.93. The predicted octanol–water partition coefficient (Wildman–Crippen LogP) is 4.17. The fourth-order valence-electron chi connectivity index (χ4n) is 4.05. The average molecular weight is 288 g/mol. The van der Waals surface area contributed by atoms with E-state index < -0.39 is 0 Å². The summed E-state index contributed by atoms with van der Waals surface area (Å²) in [5, 5.41) is 11.0. The SMILES string of the molecule is CC(C)CN1c2ccc([N+](=O)[O-])cc2C[C@@H]2CCCC[C@@H]21. The van der Waals surface area contributed by atoms with Gasteiger partial charge < -0.3 is 4.90 Å². The van der Waals surface area contributed by atoms with Gasteiger partial charge in [0, 0.05) is 30.4 Å². The molecule has 1 fully saturated rings. The topological polar surface area (TPSA) is 46.4 Å². The van der Waals surface area contributed by atoms with Crippen LogP contribution in [0.3, 0.4) is 0 Å². The smallest absolute Gasteiger partial charge is 0.269 e. The van der Waals surface area contributed by atoms with Crippen LogP contribution < -0.4 is 4.90 Å². The molecule has 0 amide bonds. The van der Waals surface area contributed by atoms with Crippen molar-refractivity contribution in [2.24, 2.45) is 11.8 Å². The van der Waals surface area contributed by atoms with Crippen molar-refractivity contribution < 1.29 is 4.92 Å². The minimum atomic E-state index is -0.278. The molecule has 0 aromatic heterocycles. The van der Waals surface area contributed by atoms with E-state index in [0.29, 0.717) is 17.9 Å². The molecule has 4 nitrogen and oxygen atoms in total. The fraction of sp³-hybridized carbons (Fsp3) is 0.647. The molecule has 114 valence electrons. The van der Waals surface area contributed by atoms with Crippen molar-refractivity contribution >= 4 is 11.4 Å². The van der Waals surface area contributed by atoms with Crippen molar-refractivity contribution in [3.05, 3.63) is 33.9 Å². The molecular weight excluding hydrogens is 264 g/mol. The molecule has 3 rings (SSSR count). The molecule has 1 heterocycles. The summed E-state index contributed by atoms with van der Waals surface area (Å²) >= 11 is 0. The average Bonchev–Trinajstić information content (AvgIpc) is 2.46. The Morgan fingerprint density at radius 3 is 2.81 bits per heavy atom. The number of hydrogen-bond acceptors (Lipinski definition) is 3. The third-order valence-corrected chi connectivity index (χ3v) is 4.90. The van der Waals surface area contributed by atoms with Crippen molar-refractivity contribution in [2.75, 3.05) is 11.4 Å². The molecule has 4 heteroatoms. The second kappa shape index (κ2) is 5.66. The molecule has 2 atom stereocenters. The summed E-state index contributed by atoms with van der Waals surface area (Å²) in [6, 6.07) is 6.07. The van der Waals surface area contributed by atoms with Crippen LogP contribution in [-0.2, 0) is 6.42 Å². The van der Waals surface area contributed by atoms with Crippen molar-refractivity contribution in [1.29, 1.82) is 0 Å². The van der Waals surface area contributed by atoms with Crippen LogP contribution in [0.25, 0.3) is 0 Å². The van der Waals surface area contributed by atoms with E-state index >= 15 is 0 Å². The first kappa shape index (κ1) is 14.4. The maximum absolute atomic E-state index is 11.0. The largest absolute Gasteiger partial charge is 0.368 e.